The van der Waals surface area contributed by atoms with Crippen molar-refractivity contribution in [2.75, 3.05) is 43.4 Å². The van der Waals surface area contributed by atoms with Crippen molar-refractivity contribution in [3.05, 3.63) is 17.2 Å². The van der Waals surface area contributed by atoms with E-state index in [1.807, 2.05) is 0 Å². The van der Waals surface area contributed by atoms with Crippen LogP contribution in [0.15, 0.2) is 12.1 Å². The first kappa shape index (κ1) is 17.3. The molecular formula is C16H19ClN4O4. The van der Waals surface area contributed by atoms with Crippen molar-refractivity contribution in [1.82, 2.24) is 9.80 Å². The Balaban J connectivity index is 1.69. The van der Waals surface area contributed by atoms with E-state index >= 15 is 0 Å². The molecule has 1 aromatic rings. The Morgan fingerprint density at radius 2 is 1.92 bits per heavy atom. The molecule has 0 aliphatic carbocycles. The first-order chi connectivity index (χ1) is 11.9. The molecule has 25 heavy (non-hydrogen) atoms. The standard InChI is InChI=1S/C16H19ClN4O4/c1-10(22)20-3-2-4-21(6-5-20)16(24)18-11-7-12(17)15-13(8-11)19-14(23)9-25-15/h7-8H,2-6,9H2,1H3,(H,18,24)(H,19,23). The lowest BCUT2D eigenvalue weighted by atomic mass is 10.2. The molecular weight excluding hydrogens is 348 g/mol. The van der Waals surface area contributed by atoms with Crippen LogP contribution in [-0.2, 0) is 9.59 Å². The molecule has 4 amide bonds. The van der Waals surface area contributed by atoms with Crippen molar-refractivity contribution in [3.8, 4) is 5.75 Å². The zero-order valence-corrected chi connectivity index (χ0v) is 14.6. The van der Waals surface area contributed by atoms with Crippen LogP contribution >= 0.6 is 11.6 Å². The number of hydrogen-bond donors (Lipinski definition) is 2. The molecule has 3 rings (SSSR count). The summed E-state index contributed by atoms with van der Waals surface area (Å²) in [5.74, 6) is 0.134. The van der Waals surface area contributed by atoms with Crippen LogP contribution in [0.3, 0.4) is 0 Å². The number of urea groups is 1. The number of ether oxygens (including phenoxy) is 1. The lowest BCUT2D eigenvalue weighted by Crippen LogP contribution is -2.38. The number of nitrogens with one attached hydrogen (secondary N) is 2. The van der Waals surface area contributed by atoms with Crippen LogP contribution in [0.4, 0.5) is 16.2 Å². The zero-order valence-electron chi connectivity index (χ0n) is 13.8. The van der Waals surface area contributed by atoms with Crippen molar-refractivity contribution >= 4 is 40.8 Å². The van der Waals surface area contributed by atoms with Crippen LogP contribution in [0, 0.1) is 0 Å². The number of benzene rings is 1. The quantitative estimate of drug-likeness (QED) is 0.792. The van der Waals surface area contributed by atoms with E-state index in [1.165, 1.54) is 6.92 Å². The van der Waals surface area contributed by atoms with Crippen LogP contribution in [0.5, 0.6) is 5.75 Å². The second-order valence-corrected chi connectivity index (χ2v) is 6.36. The number of fused-ring (bicyclic) bond motifs is 1. The summed E-state index contributed by atoms with van der Waals surface area (Å²) in [5.41, 5.74) is 0.893. The van der Waals surface area contributed by atoms with Crippen LogP contribution in [0.1, 0.15) is 13.3 Å². The van der Waals surface area contributed by atoms with Gasteiger partial charge in [0.25, 0.3) is 5.91 Å². The highest BCUT2D eigenvalue weighted by Crippen LogP contribution is 2.38. The molecule has 0 bridgehead atoms. The van der Waals surface area contributed by atoms with E-state index in [4.69, 9.17) is 16.3 Å². The zero-order chi connectivity index (χ0) is 18.0. The molecule has 8 nitrogen and oxygen atoms in total. The molecule has 0 unspecified atom stereocenters. The molecule has 0 spiro atoms. The fraction of sp³-hybridized carbons (Fsp3) is 0.438. The number of carbonyl (C=O) groups is 3. The predicted molar refractivity (Wildman–Crippen MR) is 93.0 cm³/mol. The number of carbonyl (C=O) groups excluding carboxylic acids is 3. The minimum absolute atomic E-state index is 0.0134. The first-order valence-corrected chi connectivity index (χ1v) is 8.39. The van der Waals surface area contributed by atoms with Crippen molar-refractivity contribution in [3.63, 3.8) is 0 Å². The van der Waals surface area contributed by atoms with Crippen LogP contribution in [0.25, 0.3) is 0 Å². The Hall–Kier alpha value is -2.48. The molecule has 2 aliphatic rings. The van der Waals surface area contributed by atoms with Gasteiger partial charge in [0.15, 0.2) is 12.4 Å². The number of anilines is 2. The molecule has 2 aliphatic heterocycles. The SMILES string of the molecule is CC(=O)N1CCCN(C(=O)Nc2cc(Cl)c3c(c2)NC(=O)CO3)CC1. The molecule has 0 radical (unpaired) electrons. The Kier molecular flexibility index (Phi) is 4.98. The van der Waals surface area contributed by atoms with E-state index in [0.29, 0.717) is 48.3 Å². The summed E-state index contributed by atoms with van der Waals surface area (Å²) in [6.45, 7) is 3.63. The highest BCUT2D eigenvalue weighted by atomic mass is 35.5. The van der Waals surface area contributed by atoms with Crippen molar-refractivity contribution in [1.29, 1.82) is 0 Å². The van der Waals surface area contributed by atoms with E-state index in [9.17, 15) is 14.4 Å². The van der Waals surface area contributed by atoms with Gasteiger partial charge in [0.2, 0.25) is 5.91 Å². The van der Waals surface area contributed by atoms with E-state index in [2.05, 4.69) is 10.6 Å². The van der Waals surface area contributed by atoms with E-state index in [1.54, 1.807) is 21.9 Å². The van der Waals surface area contributed by atoms with E-state index in [-0.39, 0.29) is 24.5 Å². The number of hydrogen-bond acceptors (Lipinski definition) is 4. The van der Waals surface area contributed by atoms with Crippen LogP contribution in [-0.4, -0.2) is 60.4 Å². The lowest BCUT2D eigenvalue weighted by molar-refractivity contribution is -0.128. The Labute approximate surface area is 150 Å². The van der Waals surface area contributed by atoms with Gasteiger partial charge in [0.1, 0.15) is 0 Å². The van der Waals surface area contributed by atoms with Gasteiger partial charge in [-0.25, -0.2) is 4.79 Å². The minimum atomic E-state index is -0.274. The number of halogens is 1. The molecule has 134 valence electrons. The second-order valence-electron chi connectivity index (χ2n) is 5.95. The van der Waals surface area contributed by atoms with Crippen LogP contribution < -0.4 is 15.4 Å². The Morgan fingerprint density at radius 3 is 2.68 bits per heavy atom. The highest BCUT2D eigenvalue weighted by Gasteiger charge is 2.23. The fourth-order valence-corrected chi connectivity index (χ4v) is 3.14. The Morgan fingerprint density at radius 1 is 1.20 bits per heavy atom. The average molecular weight is 367 g/mol. The fourth-order valence-electron chi connectivity index (χ4n) is 2.87. The average Bonchev–Trinajstić information content (AvgIpc) is 2.80. The molecule has 0 atom stereocenters. The minimum Gasteiger partial charge on any atom is -0.480 e. The second kappa shape index (κ2) is 7.18. The van der Waals surface area contributed by atoms with Gasteiger partial charge in [-0.1, -0.05) is 11.6 Å². The molecule has 2 heterocycles. The molecule has 2 N–H and O–H groups in total. The largest absolute Gasteiger partial charge is 0.480 e. The monoisotopic (exact) mass is 366 g/mol. The van der Waals surface area contributed by atoms with Gasteiger partial charge in [-0.2, -0.15) is 0 Å². The van der Waals surface area contributed by atoms with Crippen molar-refractivity contribution in [2.45, 2.75) is 13.3 Å². The third-order valence-electron chi connectivity index (χ3n) is 4.15. The summed E-state index contributed by atoms with van der Waals surface area (Å²) in [7, 11) is 0. The first-order valence-electron chi connectivity index (χ1n) is 8.01. The Bertz CT molecular complexity index is 724. The molecule has 0 aromatic heterocycles. The van der Waals surface area contributed by atoms with Gasteiger partial charge in [-0.15, -0.1) is 0 Å². The van der Waals surface area contributed by atoms with Gasteiger partial charge in [-0.05, 0) is 18.6 Å². The summed E-state index contributed by atoms with van der Waals surface area (Å²) in [6.07, 6.45) is 0.724. The topological polar surface area (TPSA) is 91.0 Å². The highest BCUT2D eigenvalue weighted by molar-refractivity contribution is 6.33. The molecule has 0 saturated carbocycles. The maximum atomic E-state index is 12.5. The molecule has 1 saturated heterocycles. The van der Waals surface area contributed by atoms with E-state index in [0.717, 1.165) is 6.42 Å². The summed E-state index contributed by atoms with van der Waals surface area (Å²) < 4.78 is 5.29. The summed E-state index contributed by atoms with van der Waals surface area (Å²) in [6, 6.07) is 2.91. The van der Waals surface area contributed by atoms with Gasteiger partial charge >= 0.3 is 6.03 Å². The predicted octanol–water partition coefficient (Wildman–Crippen LogP) is 1.76. The number of amides is 4. The van der Waals surface area contributed by atoms with E-state index < -0.39 is 0 Å². The van der Waals surface area contributed by atoms with Crippen molar-refractivity contribution in [2.24, 2.45) is 0 Å². The molecule has 1 fully saturated rings. The van der Waals surface area contributed by atoms with Gasteiger partial charge in [0, 0.05) is 38.8 Å². The number of nitrogens with zero attached hydrogens (tertiary/aromatic N) is 2. The van der Waals surface area contributed by atoms with Gasteiger partial charge in [-0.3, -0.25) is 9.59 Å². The van der Waals surface area contributed by atoms with Crippen molar-refractivity contribution < 1.29 is 19.1 Å². The van der Waals surface area contributed by atoms with Gasteiger partial charge < -0.3 is 25.2 Å². The molecule has 9 heteroatoms. The summed E-state index contributed by atoms with van der Waals surface area (Å²) in [5, 5.41) is 5.76. The maximum absolute atomic E-state index is 12.5. The summed E-state index contributed by atoms with van der Waals surface area (Å²) in [4.78, 5) is 38.8. The van der Waals surface area contributed by atoms with Gasteiger partial charge in [0.05, 0.1) is 10.7 Å². The maximum Gasteiger partial charge on any atom is 0.321 e. The number of rotatable bonds is 1. The summed E-state index contributed by atoms with van der Waals surface area (Å²) >= 11 is 6.16. The smallest absolute Gasteiger partial charge is 0.321 e. The third kappa shape index (κ3) is 3.96. The normalized spacial score (nSPS) is 17.1. The lowest BCUT2D eigenvalue weighted by Gasteiger charge is -2.23. The molecule has 1 aromatic carbocycles. The third-order valence-corrected chi connectivity index (χ3v) is 4.43. The van der Waals surface area contributed by atoms with Crippen LogP contribution in [0.2, 0.25) is 5.02 Å².